The average Bonchev–Trinajstić information content (AvgIpc) is 2.99. The van der Waals surface area contributed by atoms with Gasteiger partial charge in [-0.25, -0.2) is 9.97 Å². The van der Waals surface area contributed by atoms with Crippen molar-refractivity contribution in [2.45, 2.75) is 20.4 Å². The Morgan fingerprint density at radius 3 is 2.83 bits per heavy atom. The van der Waals surface area contributed by atoms with Gasteiger partial charge >= 0.3 is 0 Å². The molecule has 0 aliphatic carbocycles. The maximum Gasteiger partial charge on any atom is 0.261 e. The zero-order valence-electron chi connectivity index (χ0n) is 13.1. The lowest BCUT2D eigenvalue weighted by Gasteiger charge is -2.07. The Labute approximate surface area is 141 Å². The lowest BCUT2D eigenvalue weighted by Crippen LogP contribution is -2.28. The molecule has 2 aromatic heterocycles. The number of carbonyl (C=O) groups excluding carboxylic acids is 2. The molecule has 2 heterocycles. The number of nitrogens with one attached hydrogen (secondary N) is 1. The Balaban J connectivity index is 1.81. The maximum absolute atomic E-state index is 12.4. The SMILES string of the molecule is CC(=O)c1csc(NC(=O)Cn2cnc3c(C)cccc3c2=O)n1. The predicted octanol–water partition coefficient (Wildman–Crippen LogP) is 2.00. The second-order valence-corrected chi connectivity index (χ2v) is 6.15. The number of aryl methyl sites for hydroxylation is 1. The number of thiazole rings is 1. The van der Waals surface area contributed by atoms with Crippen molar-refractivity contribution in [1.82, 2.24) is 14.5 Å². The number of aromatic nitrogens is 3. The van der Waals surface area contributed by atoms with Gasteiger partial charge in [0, 0.05) is 12.3 Å². The van der Waals surface area contributed by atoms with Gasteiger partial charge in [0.1, 0.15) is 12.2 Å². The highest BCUT2D eigenvalue weighted by Crippen LogP contribution is 2.16. The molecule has 0 unspecified atom stereocenters. The number of nitrogens with zero attached hydrogens (tertiary/aromatic N) is 3. The largest absolute Gasteiger partial charge is 0.300 e. The summed E-state index contributed by atoms with van der Waals surface area (Å²) in [6.45, 7) is 3.11. The van der Waals surface area contributed by atoms with Crippen LogP contribution in [0.4, 0.5) is 5.13 Å². The number of benzene rings is 1. The smallest absolute Gasteiger partial charge is 0.261 e. The Kier molecular flexibility index (Phi) is 4.22. The first-order chi connectivity index (χ1) is 11.5. The molecular formula is C16H14N4O3S. The summed E-state index contributed by atoms with van der Waals surface area (Å²) in [5, 5.41) is 4.95. The van der Waals surface area contributed by atoms with Gasteiger partial charge in [-0.2, -0.15) is 0 Å². The molecule has 0 bridgehead atoms. The summed E-state index contributed by atoms with van der Waals surface area (Å²) < 4.78 is 1.25. The van der Waals surface area contributed by atoms with Crippen LogP contribution in [0.3, 0.4) is 0 Å². The third kappa shape index (κ3) is 3.09. The van der Waals surface area contributed by atoms with Gasteiger partial charge in [0.15, 0.2) is 10.9 Å². The zero-order chi connectivity index (χ0) is 17.3. The molecule has 3 aromatic rings. The quantitative estimate of drug-likeness (QED) is 0.732. The number of ketones is 1. The Morgan fingerprint density at radius 2 is 2.12 bits per heavy atom. The second-order valence-electron chi connectivity index (χ2n) is 5.29. The van der Waals surface area contributed by atoms with Crippen LogP contribution in [0.5, 0.6) is 0 Å². The van der Waals surface area contributed by atoms with Crippen molar-refractivity contribution in [2.75, 3.05) is 5.32 Å². The fourth-order valence-electron chi connectivity index (χ4n) is 2.26. The van der Waals surface area contributed by atoms with Gasteiger partial charge < -0.3 is 5.32 Å². The Bertz CT molecular complexity index is 1010. The van der Waals surface area contributed by atoms with Crippen LogP contribution >= 0.6 is 11.3 Å². The molecular weight excluding hydrogens is 328 g/mol. The van der Waals surface area contributed by atoms with E-state index < -0.39 is 5.91 Å². The summed E-state index contributed by atoms with van der Waals surface area (Å²) in [5.41, 5.74) is 1.56. The number of hydrogen-bond acceptors (Lipinski definition) is 6. The van der Waals surface area contributed by atoms with Crippen molar-refractivity contribution >= 4 is 39.1 Å². The summed E-state index contributed by atoms with van der Waals surface area (Å²) in [6, 6.07) is 5.34. The summed E-state index contributed by atoms with van der Waals surface area (Å²) in [6.07, 6.45) is 1.36. The normalized spacial score (nSPS) is 10.8. The fourth-order valence-corrected chi connectivity index (χ4v) is 3.02. The fraction of sp³-hybridized carbons (Fsp3) is 0.188. The number of rotatable bonds is 4. The molecule has 1 amide bonds. The molecule has 0 fully saturated rings. The van der Waals surface area contributed by atoms with Crippen LogP contribution < -0.4 is 10.9 Å². The van der Waals surface area contributed by atoms with Gasteiger partial charge in [-0.15, -0.1) is 11.3 Å². The van der Waals surface area contributed by atoms with E-state index in [4.69, 9.17) is 0 Å². The molecule has 1 aromatic carbocycles. The van der Waals surface area contributed by atoms with E-state index in [0.29, 0.717) is 21.7 Å². The molecule has 122 valence electrons. The minimum Gasteiger partial charge on any atom is -0.300 e. The van der Waals surface area contributed by atoms with Crippen molar-refractivity contribution in [3.8, 4) is 0 Å². The van der Waals surface area contributed by atoms with E-state index in [-0.39, 0.29) is 17.9 Å². The van der Waals surface area contributed by atoms with E-state index in [1.165, 1.54) is 17.8 Å². The third-order valence-corrected chi connectivity index (χ3v) is 4.24. The van der Waals surface area contributed by atoms with Crippen LogP contribution in [0.15, 0.2) is 34.7 Å². The molecule has 0 radical (unpaired) electrons. The Morgan fingerprint density at radius 1 is 1.33 bits per heavy atom. The second kappa shape index (κ2) is 6.32. The van der Waals surface area contributed by atoms with Crippen LogP contribution in [0, 0.1) is 6.92 Å². The van der Waals surface area contributed by atoms with E-state index in [2.05, 4.69) is 15.3 Å². The van der Waals surface area contributed by atoms with Crippen LogP contribution in [0.2, 0.25) is 0 Å². The molecule has 8 heteroatoms. The molecule has 0 aliphatic rings. The summed E-state index contributed by atoms with van der Waals surface area (Å²) in [7, 11) is 0. The van der Waals surface area contributed by atoms with Crippen molar-refractivity contribution in [2.24, 2.45) is 0 Å². The highest BCUT2D eigenvalue weighted by atomic mass is 32.1. The van der Waals surface area contributed by atoms with E-state index in [9.17, 15) is 14.4 Å². The zero-order valence-corrected chi connectivity index (χ0v) is 13.9. The number of amides is 1. The summed E-state index contributed by atoms with van der Waals surface area (Å²) in [4.78, 5) is 44.0. The number of anilines is 1. The van der Waals surface area contributed by atoms with Gasteiger partial charge in [-0.3, -0.25) is 19.0 Å². The molecule has 0 spiro atoms. The first-order valence-corrected chi connectivity index (χ1v) is 8.05. The standard InChI is InChI=1S/C16H14N4O3S/c1-9-4-3-5-11-14(9)17-8-20(15(11)23)6-13(22)19-16-18-12(7-24-16)10(2)21/h3-5,7-8H,6H2,1-2H3,(H,18,19,22). The van der Waals surface area contributed by atoms with Gasteiger partial charge in [-0.1, -0.05) is 12.1 Å². The minimum atomic E-state index is -0.407. The molecule has 24 heavy (non-hydrogen) atoms. The number of fused-ring (bicyclic) bond motifs is 1. The predicted molar refractivity (Wildman–Crippen MR) is 91.5 cm³/mol. The molecule has 0 saturated carbocycles. The number of para-hydroxylation sites is 1. The highest BCUT2D eigenvalue weighted by molar-refractivity contribution is 7.14. The summed E-state index contributed by atoms with van der Waals surface area (Å²) in [5.74, 6) is -0.576. The monoisotopic (exact) mass is 342 g/mol. The van der Waals surface area contributed by atoms with Crippen molar-refractivity contribution < 1.29 is 9.59 Å². The van der Waals surface area contributed by atoms with Crippen LogP contribution in [-0.2, 0) is 11.3 Å². The van der Waals surface area contributed by atoms with Gasteiger partial charge in [0.2, 0.25) is 5.91 Å². The molecule has 1 N–H and O–H groups in total. The maximum atomic E-state index is 12.4. The van der Waals surface area contributed by atoms with Crippen LogP contribution in [0.1, 0.15) is 23.0 Å². The Hall–Kier alpha value is -2.87. The van der Waals surface area contributed by atoms with E-state index in [1.807, 2.05) is 13.0 Å². The summed E-state index contributed by atoms with van der Waals surface area (Å²) >= 11 is 1.16. The number of carbonyl (C=O) groups is 2. The average molecular weight is 342 g/mol. The van der Waals surface area contributed by atoms with Crippen molar-refractivity contribution in [3.05, 3.63) is 51.5 Å². The van der Waals surface area contributed by atoms with E-state index in [1.54, 1.807) is 17.5 Å². The highest BCUT2D eigenvalue weighted by Gasteiger charge is 2.12. The molecule has 0 atom stereocenters. The molecule has 3 rings (SSSR count). The molecule has 7 nitrogen and oxygen atoms in total. The van der Waals surface area contributed by atoms with E-state index >= 15 is 0 Å². The topological polar surface area (TPSA) is 94.0 Å². The van der Waals surface area contributed by atoms with Gasteiger partial charge in [-0.05, 0) is 18.6 Å². The van der Waals surface area contributed by atoms with Crippen LogP contribution in [-0.4, -0.2) is 26.2 Å². The van der Waals surface area contributed by atoms with Gasteiger partial charge in [0.05, 0.1) is 17.2 Å². The van der Waals surface area contributed by atoms with E-state index in [0.717, 1.165) is 16.9 Å². The van der Waals surface area contributed by atoms with Gasteiger partial charge in [0.25, 0.3) is 5.56 Å². The first kappa shape index (κ1) is 16.0. The number of hydrogen-bond donors (Lipinski definition) is 1. The van der Waals surface area contributed by atoms with Crippen molar-refractivity contribution in [1.29, 1.82) is 0 Å². The minimum absolute atomic E-state index is 0.169. The van der Waals surface area contributed by atoms with Crippen LogP contribution in [0.25, 0.3) is 10.9 Å². The van der Waals surface area contributed by atoms with Crippen molar-refractivity contribution in [3.63, 3.8) is 0 Å². The molecule has 0 aliphatic heterocycles. The third-order valence-electron chi connectivity index (χ3n) is 3.48. The molecule has 0 saturated heterocycles. The lowest BCUT2D eigenvalue weighted by molar-refractivity contribution is -0.116. The lowest BCUT2D eigenvalue weighted by atomic mass is 10.1. The first-order valence-electron chi connectivity index (χ1n) is 7.17. The number of Topliss-reactive ketones (excluding diaryl/α,β-unsaturated/α-hetero) is 1.